The normalized spacial score (nSPS) is 12.0. The summed E-state index contributed by atoms with van der Waals surface area (Å²) in [5.74, 6) is 0.838. The molecule has 0 aromatic carbocycles. The fourth-order valence-corrected chi connectivity index (χ4v) is 9.40. The van der Waals surface area contributed by atoms with E-state index in [2.05, 4.69) is 34.6 Å². The van der Waals surface area contributed by atoms with Gasteiger partial charge >= 0.3 is 17.9 Å². The number of unbranched alkanes of at least 4 members (excludes halogenated alkanes) is 40. The Morgan fingerprint density at radius 3 is 0.731 bits per heavy atom. The average Bonchev–Trinajstić information content (AvgIpc) is 3.30. The number of esters is 3. The lowest BCUT2D eigenvalue weighted by molar-refractivity contribution is -0.167. The second-order valence-corrected chi connectivity index (χ2v) is 21.9. The largest absolute Gasteiger partial charge is 0.462 e. The van der Waals surface area contributed by atoms with Gasteiger partial charge in [0.15, 0.2) is 6.10 Å². The van der Waals surface area contributed by atoms with Crippen molar-refractivity contribution < 1.29 is 28.6 Å². The minimum Gasteiger partial charge on any atom is -0.462 e. The van der Waals surface area contributed by atoms with Crippen LogP contribution in [0.25, 0.3) is 0 Å². The van der Waals surface area contributed by atoms with E-state index in [9.17, 15) is 14.4 Å². The Labute approximate surface area is 418 Å². The summed E-state index contributed by atoms with van der Waals surface area (Å²) >= 11 is 0. The molecule has 0 aliphatic carbocycles. The minimum absolute atomic E-state index is 0.0624. The van der Waals surface area contributed by atoms with Gasteiger partial charge < -0.3 is 14.2 Å². The zero-order valence-electron chi connectivity index (χ0n) is 46.0. The molecule has 0 saturated carbocycles. The molecule has 0 aromatic heterocycles. The summed E-state index contributed by atoms with van der Waals surface area (Å²) in [6.45, 7) is 11.4. The molecule has 0 saturated heterocycles. The van der Waals surface area contributed by atoms with E-state index in [4.69, 9.17) is 14.2 Å². The maximum Gasteiger partial charge on any atom is 0.306 e. The number of carbonyl (C=O) groups excluding carboxylic acids is 3. The Balaban J connectivity index is 4.30. The molecule has 0 aliphatic heterocycles. The molecule has 6 heteroatoms. The van der Waals surface area contributed by atoms with E-state index >= 15 is 0 Å². The highest BCUT2D eigenvalue weighted by Crippen LogP contribution is 2.18. The molecule has 0 bridgehead atoms. The number of ether oxygens (including phenoxy) is 3. The molecular weight excluding hydrogens is 829 g/mol. The maximum atomic E-state index is 12.9. The fraction of sp³-hybridized carbons (Fsp3) is 0.951. The maximum absolute atomic E-state index is 12.9. The molecule has 67 heavy (non-hydrogen) atoms. The van der Waals surface area contributed by atoms with Crippen LogP contribution in [-0.4, -0.2) is 37.2 Å². The Bertz CT molecular complexity index is 1020. The zero-order chi connectivity index (χ0) is 48.9. The van der Waals surface area contributed by atoms with Crippen molar-refractivity contribution in [3.05, 3.63) is 0 Å². The lowest BCUT2D eigenvalue weighted by atomic mass is 10.0. The summed E-state index contributed by atoms with van der Waals surface area (Å²) < 4.78 is 16.9. The topological polar surface area (TPSA) is 78.9 Å². The Morgan fingerprint density at radius 2 is 0.493 bits per heavy atom. The van der Waals surface area contributed by atoms with Crippen LogP contribution in [-0.2, 0) is 28.6 Å². The van der Waals surface area contributed by atoms with Crippen molar-refractivity contribution >= 4 is 17.9 Å². The molecule has 0 unspecified atom stereocenters. The number of carbonyl (C=O) groups is 3. The van der Waals surface area contributed by atoms with E-state index in [0.29, 0.717) is 19.3 Å². The number of rotatable bonds is 55. The highest BCUT2D eigenvalue weighted by atomic mass is 16.6. The molecule has 0 fully saturated rings. The molecule has 0 N–H and O–H groups in total. The Kier molecular flexibility index (Phi) is 52.5. The third kappa shape index (κ3) is 55.2. The predicted molar refractivity (Wildman–Crippen MR) is 289 cm³/mol. The molecule has 0 spiro atoms. The highest BCUT2D eigenvalue weighted by Gasteiger charge is 2.19. The van der Waals surface area contributed by atoms with Crippen molar-refractivity contribution in [3.8, 4) is 0 Å². The molecular formula is C61H118O6. The van der Waals surface area contributed by atoms with Crippen LogP contribution in [0.4, 0.5) is 0 Å². The highest BCUT2D eigenvalue weighted by molar-refractivity contribution is 5.71. The SMILES string of the molecule is CCCCCCCCCCCCCCCCCCCCC(=O)O[C@H](COC(=O)CCCCCCCCCCCCCCCC(C)C)COC(=O)CCCCCCCCCCCCCCC(C)C. The Hall–Kier alpha value is -1.59. The first kappa shape index (κ1) is 65.4. The smallest absolute Gasteiger partial charge is 0.306 e. The zero-order valence-corrected chi connectivity index (χ0v) is 46.0. The predicted octanol–water partition coefficient (Wildman–Crippen LogP) is 20.0. The molecule has 1 atom stereocenters. The van der Waals surface area contributed by atoms with Gasteiger partial charge in [-0.15, -0.1) is 0 Å². The summed E-state index contributed by atoms with van der Waals surface area (Å²) in [5.41, 5.74) is 0. The van der Waals surface area contributed by atoms with Crippen molar-refractivity contribution in [2.45, 2.75) is 349 Å². The van der Waals surface area contributed by atoms with Gasteiger partial charge in [-0.1, -0.05) is 304 Å². The van der Waals surface area contributed by atoms with Gasteiger partial charge in [0.2, 0.25) is 0 Å². The second kappa shape index (κ2) is 53.8. The lowest BCUT2D eigenvalue weighted by Gasteiger charge is -2.18. The minimum atomic E-state index is -0.763. The van der Waals surface area contributed by atoms with Gasteiger partial charge in [0.1, 0.15) is 13.2 Å². The summed E-state index contributed by atoms with van der Waals surface area (Å²) in [6.07, 6.45) is 58.1. The van der Waals surface area contributed by atoms with Gasteiger partial charge in [-0.3, -0.25) is 14.4 Å². The monoisotopic (exact) mass is 947 g/mol. The van der Waals surface area contributed by atoms with Crippen LogP contribution in [0.5, 0.6) is 0 Å². The molecule has 6 nitrogen and oxygen atoms in total. The number of hydrogen-bond donors (Lipinski definition) is 0. The second-order valence-electron chi connectivity index (χ2n) is 21.9. The Morgan fingerprint density at radius 1 is 0.284 bits per heavy atom. The average molecular weight is 948 g/mol. The van der Waals surface area contributed by atoms with Crippen LogP contribution in [0.1, 0.15) is 343 Å². The molecule has 0 amide bonds. The summed E-state index contributed by atoms with van der Waals surface area (Å²) in [6, 6.07) is 0. The van der Waals surface area contributed by atoms with E-state index in [1.54, 1.807) is 0 Å². The fourth-order valence-electron chi connectivity index (χ4n) is 9.40. The molecule has 0 aromatic rings. The van der Waals surface area contributed by atoms with E-state index in [-0.39, 0.29) is 31.1 Å². The number of hydrogen-bond acceptors (Lipinski definition) is 6. The van der Waals surface area contributed by atoms with Gasteiger partial charge in [0.25, 0.3) is 0 Å². The first-order chi connectivity index (χ1) is 32.7. The van der Waals surface area contributed by atoms with Gasteiger partial charge in [-0.25, -0.2) is 0 Å². The van der Waals surface area contributed by atoms with Crippen molar-refractivity contribution in [1.29, 1.82) is 0 Å². The van der Waals surface area contributed by atoms with E-state index < -0.39 is 6.10 Å². The molecule has 398 valence electrons. The van der Waals surface area contributed by atoms with Crippen LogP contribution in [0, 0.1) is 11.8 Å². The van der Waals surface area contributed by atoms with Crippen LogP contribution >= 0.6 is 0 Å². The third-order valence-corrected chi connectivity index (χ3v) is 14.0. The van der Waals surface area contributed by atoms with Crippen LogP contribution < -0.4 is 0 Å². The first-order valence-corrected chi connectivity index (χ1v) is 30.2. The summed E-state index contributed by atoms with van der Waals surface area (Å²) in [4.78, 5) is 38.2. The van der Waals surface area contributed by atoms with Gasteiger partial charge in [-0.2, -0.15) is 0 Å². The molecule has 0 aliphatic rings. The quantitative estimate of drug-likeness (QED) is 0.0343. The molecule has 0 heterocycles. The lowest BCUT2D eigenvalue weighted by Crippen LogP contribution is -2.30. The van der Waals surface area contributed by atoms with Gasteiger partial charge in [0.05, 0.1) is 0 Å². The van der Waals surface area contributed by atoms with E-state index in [1.807, 2.05) is 0 Å². The first-order valence-electron chi connectivity index (χ1n) is 30.2. The summed E-state index contributed by atoms with van der Waals surface area (Å²) in [5, 5.41) is 0. The van der Waals surface area contributed by atoms with Crippen LogP contribution in [0.2, 0.25) is 0 Å². The standard InChI is InChI=1S/C61H118O6/c1-6-7-8-9-10-11-12-13-14-15-16-17-20-28-33-38-43-48-53-61(64)67-58(55-66-60(63)52-47-42-37-32-27-23-22-25-30-35-40-45-50-57(4)5)54-65-59(62)51-46-41-36-31-26-21-18-19-24-29-34-39-44-49-56(2)3/h56-58H,6-55H2,1-5H3/t58-/m1/s1. The summed E-state index contributed by atoms with van der Waals surface area (Å²) in [7, 11) is 0. The molecule has 0 radical (unpaired) electrons. The van der Waals surface area contributed by atoms with Crippen molar-refractivity contribution in [3.63, 3.8) is 0 Å². The van der Waals surface area contributed by atoms with Gasteiger partial charge in [0, 0.05) is 19.3 Å². The van der Waals surface area contributed by atoms with E-state index in [0.717, 1.165) is 69.6 Å². The van der Waals surface area contributed by atoms with Gasteiger partial charge in [-0.05, 0) is 31.1 Å². The van der Waals surface area contributed by atoms with Crippen molar-refractivity contribution in [2.75, 3.05) is 13.2 Å². The van der Waals surface area contributed by atoms with Crippen LogP contribution in [0.15, 0.2) is 0 Å². The van der Waals surface area contributed by atoms with Crippen molar-refractivity contribution in [1.82, 2.24) is 0 Å². The molecule has 0 rings (SSSR count). The third-order valence-electron chi connectivity index (χ3n) is 14.0. The van der Waals surface area contributed by atoms with Crippen LogP contribution in [0.3, 0.4) is 0 Å². The van der Waals surface area contributed by atoms with Crippen molar-refractivity contribution in [2.24, 2.45) is 11.8 Å². The van der Waals surface area contributed by atoms with E-state index in [1.165, 1.54) is 231 Å².